The summed E-state index contributed by atoms with van der Waals surface area (Å²) in [7, 11) is 0. The summed E-state index contributed by atoms with van der Waals surface area (Å²) in [5.74, 6) is -0.129. The molecule has 0 amide bonds. The number of aliphatic imine (C=N–C) groups is 1. The molecule has 4 rings (SSSR count). The van der Waals surface area contributed by atoms with Crippen molar-refractivity contribution >= 4 is 39.5 Å². The smallest absolute Gasteiger partial charge is 0.333 e. The molecular weight excluding hydrogens is 370 g/mol. The van der Waals surface area contributed by atoms with Crippen molar-refractivity contribution in [1.82, 2.24) is 9.55 Å². The number of fused-ring (bicyclic) bond motifs is 1. The molecule has 0 saturated heterocycles. The molecule has 2 N–H and O–H groups in total. The first-order valence-electron chi connectivity index (χ1n) is 7.28. The maximum absolute atomic E-state index is 12.2. The van der Waals surface area contributed by atoms with Crippen LogP contribution in [0.25, 0.3) is 17.3 Å². The van der Waals surface area contributed by atoms with Gasteiger partial charge in [-0.2, -0.15) is 0 Å². The number of para-hydroxylation sites is 1. The van der Waals surface area contributed by atoms with Crippen LogP contribution in [0.3, 0.4) is 0 Å². The summed E-state index contributed by atoms with van der Waals surface area (Å²) in [5, 5.41) is 10.5. The van der Waals surface area contributed by atoms with Gasteiger partial charge in [0.15, 0.2) is 0 Å². The zero-order chi connectivity index (χ0) is 16.7. The largest absolute Gasteiger partial charge is 0.493 e. The second-order valence-corrected chi connectivity index (χ2v) is 6.27. The number of aromatic amines is 1. The Kier molecular flexibility index (Phi) is 3.46. The monoisotopic (exact) mass is 381 g/mol. The molecule has 0 radical (unpaired) electrons. The van der Waals surface area contributed by atoms with E-state index in [9.17, 15) is 9.90 Å². The van der Waals surface area contributed by atoms with E-state index in [1.54, 1.807) is 24.4 Å². The number of rotatable bonds is 2. The van der Waals surface area contributed by atoms with Gasteiger partial charge in [0.1, 0.15) is 5.69 Å². The summed E-state index contributed by atoms with van der Waals surface area (Å²) < 4.78 is 2.18. The average Bonchev–Trinajstić information content (AvgIpc) is 3.09. The van der Waals surface area contributed by atoms with Gasteiger partial charge in [-0.3, -0.25) is 4.99 Å². The van der Waals surface area contributed by atoms with Gasteiger partial charge in [-0.25, -0.2) is 9.36 Å². The lowest BCUT2D eigenvalue weighted by Crippen LogP contribution is -2.14. The highest BCUT2D eigenvalue weighted by molar-refractivity contribution is 9.10. The van der Waals surface area contributed by atoms with Gasteiger partial charge in [0.2, 0.25) is 5.88 Å². The Labute approximate surface area is 145 Å². The molecule has 5 nitrogen and oxygen atoms in total. The fraction of sp³-hybridized carbons (Fsp3) is 0. The molecule has 0 aliphatic carbocycles. The van der Waals surface area contributed by atoms with Gasteiger partial charge in [-0.05, 0) is 36.4 Å². The van der Waals surface area contributed by atoms with Crippen LogP contribution in [-0.2, 0) is 0 Å². The first-order valence-corrected chi connectivity index (χ1v) is 8.08. The molecule has 6 heteroatoms. The molecule has 118 valence electrons. The molecule has 0 bridgehead atoms. The Morgan fingerprint density at radius 1 is 1.17 bits per heavy atom. The zero-order valence-electron chi connectivity index (χ0n) is 12.4. The number of nitrogens with zero attached hydrogens (tertiary/aromatic N) is 2. The topological polar surface area (TPSA) is 70.4 Å². The minimum atomic E-state index is -0.394. The van der Waals surface area contributed by atoms with Crippen LogP contribution in [0.15, 0.2) is 62.8 Å². The third kappa shape index (κ3) is 2.41. The van der Waals surface area contributed by atoms with Crippen LogP contribution in [0.4, 0.5) is 5.69 Å². The molecule has 3 aromatic rings. The van der Waals surface area contributed by atoms with E-state index in [1.165, 1.54) is 4.57 Å². The maximum Gasteiger partial charge on any atom is 0.333 e. The number of H-pyrrole nitrogens is 1. The predicted octanol–water partition coefficient (Wildman–Crippen LogP) is 3.89. The summed E-state index contributed by atoms with van der Waals surface area (Å²) in [6.07, 6.45) is 3.44. The van der Waals surface area contributed by atoms with Crippen LogP contribution in [-0.4, -0.2) is 20.9 Å². The summed E-state index contributed by atoms with van der Waals surface area (Å²) >= 11 is 3.44. The minimum absolute atomic E-state index is 0.129. The number of imidazole rings is 1. The Hall–Kier alpha value is -2.86. The quantitative estimate of drug-likeness (QED) is 0.706. The summed E-state index contributed by atoms with van der Waals surface area (Å²) in [4.78, 5) is 19.2. The first-order chi connectivity index (χ1) is 11.6. The van der Waals surface area contributed by atoms with E-state index in [4.69, 9.17) is 0 Å². The molecule has 1 aromatic heterocycles. The van der Waals surface area contributed by atoms with Crippen molar-refractivity contribution in [2.75, 3.05) is 0 Å². The third-order valence-electron chi connectivity index (χ3n) is 3.82. The van der Waals surface area contributed by atoms with E-state index in [-0.39, 0.29) is 5.88 Å². The van der Waals surface area contributed by atoms with Gasteiger partial charge < -0.3 is 10.1 Å². The van der Waals surface area contributed by atoms with E-state index in [0.717, 1.165) is 21.3 Å². The fourth-order valence-corrected chi connectivity index (χ4v) is 3.05. The molecular formula is C18H12BrN3O2. The highest BCUT2D eigenvalue weighted by Crippen LogP contribution is 2.35. The Morgan fingerprint density at radius 2 is 1.96 bits per heavy atom. The Morgan fingerprint density at radius 3 is 2.75 bits per heavy atom. The molecule has 2 aromatic carbocycles. The zero-order valence-corrected chi connectivity index (χ0v) is 14.0. The normalized spacial score (nSPS) is 14.3. The fourth-order valence-electron chi connectivity index (χ4n) is 2.69. The first kappa shape index (κ1) is 14.7. The summed E-state index contributed by atoms with van der Waals surface area (Å²) in [6.45, 7) is 0. The second-order valence-electron chi connectivity index (χ2n) is 5.36. The van der Waals surface area contributed by atoms with Crippen molar-refractivity contribution in [3.8, 4) is 11.6 Å². The molecule has 0 spiro atoms. The number of nitrogens with one attached hydrogen (secondary N) is 1. The second kappa shape index (κ2) is 5.65. The number of hydrogen-bond acceptors (Lipinski definition) is 3. The summed E-state index contributed by atoms with van der Waals surface area (Å²) in [5.41, 5.74) is 3.17. The van der Waals surface area contributed by atoms with E-state index in [2.05, 4.69) is 25.9 Å². The molecule has 0 unspecified atom stereocenters. The molecule has 24 heavy (non-hydrogen) atoms. The molecule has 2 heterocycles. The lowest BCUT2D eigenvalue weighted by molar-refractivity contribution is 0.440. The van der Waals surface area contributed by atoms with Crippen LogP contribution < -0.4 is 5.69 Å². The van der Waals surface area contributed by atoms with Crippen molar-refractivity contribution in [3.63, 3.8) is 0 Å². The van der Waals surface area contributed by atoms with Gasteiger partial charge in [0, 0.05) is 21.8 Å². The molecule has 1 aliphatic rings. The number of hydrogen-bond donors (Lipinski definition) is 2. The van der Waals surface area contributed by atoms with Gasteiger partial charge in [0.05, 0.1) is 11.4 Å². The van der Waals surface area contributed by atoms with Crippen LogP contribution in [0, 0.1) is 0 Å². The van der Waals surface area contributed by atoms with E-state index >= 15 is 0 Å². The Bertz CT molecular complexity index is 1050. The average molecular weight is 382 g/mol. The Balaban J connectivity index is 1.83. The lowest BCUT2D eigenvalue weighted by atomic mass is 10.1. The molecule has 1 aliphatic heterocycles. The van der Waals surface area contributed by atoms with Gasteiger partial charge in [-0.15, -0.1) is 0 Å². The number of aromatic hydroxyl groups is 1. The highest BCUT2D eigenvalue weighted by atomic mass is 79.9. The number of aromatic nitrogens is 2. The van der Waals surface area contributed by atoms with Crippen molar-refractivity contribution in [1.29, 1.82) is 0 Å². The SMILES string of the molecule is O=c1[nH]c(/C=C2/C=Nc3ccc(Br)cc32)c(O)n1-c1ccccc1. The molecule has 0 fully saturated rings. The molecule has 0 saturated carbocycles. The van der Waals surface area contributed by atoms with Crippen LogP contribution in [0.2, 0.25) is 0 Å². The highest BCUT2D eigenvalue weighted by Gasteiger charge is 2.17. The number of allylic oxidation sites excluding steroid dienone is 1. The van der Waals surface area contributed by atoms with Crippen LogP contribution in [0.5, 0.6) is 5.88 Å². The van der Waals surface area contributed by atoms with Crippen molar-refractivity contribution in [2.24, 2.45) is 4.99 Å². The van der Waals surface area contributed by atoms with Crippen LogP contribution >= 0.6 is 15.9 Å². The lowest BCUT2D eigenvalue weighted by Gasteiger charge is -2.03. The minimum Gasteiger partial charge on any atom is -0.493 e. The van der Waals surface area contributed by atoms with E-state index in [1.807, 2.05) is 36.4 Å². The predicted molar refractivity (Wildman–Crippen MR) is 98.2 cm³/mol. The van der Waals surface area contributed by atoms with Crippen molar-refractivity contribution in [3.05, 3.63) is 74.7 Å². The standard InChI is InChI=1S/C18H12BrN3O2/c19-12-6-7-15-14(9-12)11(10-20-15)8-16-17(23)22(18(24)21-16)13-4-2-1-3-5-13/h1-10,23H,(H,21,24)/b11-8-. The maximum atomic E-state index is 12.2. The van der Waals surface area contributed by atoms with Crippen molar-refractivity contribution < 1.29 is 5.11 Å². The van der Waals surface area contributed by atoms with E-state index in [0.29, 0.717) is 11.4 Å². The third-order valence-corrected chi connectivity index (χ3v) is 4.32. The van der Waals surface area contributed by atoms with Gasteiger partial charge in [0.25, 0.3) is 0 Å². The van der Waals surface area contributed by atoms with Crippen molar-refractivity contribution in [2.45, 2.75) is 0 Å². The number of halogens is 1. The van der Waals surface area contributed by atoms with E-state index < -0.39 is 5.69 Å². The number of benzene rings is 2. The van der Waals surface area contributed by atoms with Gasteiger partial charge in [-0.1, -0.05) is 34.1 Å². The van der Waals surface area contributed by atoms with Gasteiger partial charge >= 0.3 is 5.69 Å². The van der Waals surface area contributed by atoms with Crippen LogP contribution in [0.1, 0.15) is 11.3 Å². The summed E-state index contributed by atoms with van der Waals surface area (Å²) in [6, 6.07) is 14.8. The molecule has 0 atom stereocenters.